The van der Waals surface area contributed by atoms with Crippen molar-refractivity contribution in [2.24, 2.45) is 0 Å². The lowest BCUT2D eigenvalue weighted by molar-refractivity contribution is -0.116. The summed E-state index contributed by atoms with van der Waals surface area (Å²) in [5, 5.41) is 22.4. The van der Waals surface area contributed by atoms with Crippen LogP contribution in [-0.2, 0) is 0 Å². The fourth-order valence-electron chi connectivity index (χ4n) is 4.63. The number of halogens is 1. The van der Waals surface area contributed by atoms with Crippen molar-refractivity contribution in [2.75, 3.05) is 39.8 Å². The van der Waals surface area contributed by atoms with Crippen molar-refractivity contribution in [3.8, 4) is 0 Å². The number of β-amino-alcohol motifs (C(OH)–C–C–N with tert-alkyl or cyclic N) is 1. The van der Waals surface area contributed by atoms with Crippen LogP contribution in [0.25, 0.3) is 10.9 Å². The molecule has 0 bridgehead atoms. The van der Waals surface area contributed by atoms with E-state index in [1.54, 1.807) is 12.1 Å². The summed E-state index contributed by atoms with van der Waals surface area (Å²) in [6.45, 7) is 3.95. The van der Waals surface area contributed by atoms with Crippen LogP contribution in [0.2, 0.25) is 0 Å². The van der Waals surface area contributed by atoms with Crippen LogP contribution in [0.15, 0.2) is 24.4 Å². The summed E-state index contributed by atoms with van der Waals surface area (Å²) < 4.78 is 13.6. The van der Waals surface area contributed by atoms with Gasteiger partial charge in [0.05, 0.1) is 11.7 Å². The molecule has 1 aromatic heterocycles. The number of fused-ring (bicyclic) bond motifs is 1. The predicted molar refractivity (Wildman–Crippen MR) is 104 cm³/mol. The van der Waals surface area contributed by atoms with E-state index in [2.05, 4.69) is 14.8 Å². The molecule has 0 saturated carbocycles. The molecule has 2 aromatic rings. The van der Waals surface area contributed by atoms with Gasteiger partial charge in [-0.2, -0.15) is 0 Å². The number of H-pyrrole nitrogens is 1. The number of aliphatic hydroxyl groups is 2. The summed E-state index contributed by atoms with van der Waals surface area (Å²) in [7, 11) is 2.05. The molecule has 0 amide bonds. The van der Waals surface area contributed by atoms with E-state index in [4.69, 9.17) is 0 Å². The zero-order valence-corrected chi connectivity index (χ0v) is 16.0. The number of likely N-dealkylation sites (tertiary alicyclic amines) is 2. The van der Waals surface area contributed by atoms with E-state index >= 15 is 0 Å². The van der Waals surface area contributed by atoms with Crippen LogP contribution >= 0.6 is 0 Å². The van der Waals surface area contributed by atoms with E-state index in [1.165, 1.54) is 11.6 Å². The second-order valence-electron chi connectivity index (χ2n) is 8.43. The molecule has 2 aliphatic rings. The third kappa shape index (κ3) is 3.90. The molecular formula is C21H30FN3O2. The Balaban J connectivity index is 1.35. The van der Waals surface area contributed by atoms with Gasteiger partial charge in [-0.1, -0.05) is 0 Å². The molecule has 1 aromatic carbocycles. The Bertz CT molecular complexity index is 777. The van der Waals surface area contributed by atoms with Crippen molar-refractivity contribution in [1.29, 1.82) is 0 Å². The summed E-state index contributed by atoms with van der Waals surface area (Å²) in [6, 6.07) is 4.90. The third-order valence-electron chi connectivity index (χ3n) is 6.61. The maximum Gasteiger partial charge on any atom is 0.123 e. The Morgan fingerprint density at radius 1 is 1.22 bits per heavy atom. The molecule has 3 heterocycles. The monoisotopic (exact) mass is 375 g/mol. The number of aromatic nitrogens is 1. The first-order valence-corrected chi connectivity index (χ1v) is 10.0. The Morgan fingerprint density at radius 2 is 1.93 bits per heavy atom. The number of rotatable bonds is 4. The summed E-state index contributed by atoms with van der Waals surface area (Å²) in [6.07, 6.45) is 4.53. The molecule has 2 fully saturated rings. The van der Waals surface area contributed by atoms with Gasteiger partial charge in [0.25, 0.3) is 0 Å². The molecule has 3 N–H and O–H groups in total. The van der Waals surface area contributed by atoms with E-state index in [0.29, 0.717) is 25.3 Å². The summed E-state index contributed by atoms with van der Waals surface area (Å²) >= 11 is 0. The van der Waals surface area contributed by atoms with Crippen LogP contribution in [0.1, 0.15) is 37.2 Å². The maximum absolute atomic E-state index is 13.6. The number of nitrogens with zero attached hydrogens (tertiary/aromatic N) is 2. The molecule has 0 radical (unpaired) electrons. The van der Waals surface area contributed by atoms with Crippen molar-refractivity contribution in [1.82, 2.24) is 14.8 Å². The lowest BCUT2D eigenvalue weighted by Gasteiger charge is -2.42. The first-order chi connectivity index (χ1) is 12.9. The van der Waals surface area contributed by atoms with Crippen molar-refractivity contribution in [2.45, 2.75) is 43.3 Å². The van der Waals surface area contributed by atoms with Gasteiger partial charge >= 0.3 is 0 Å². The second kappa shape index (κ2) is 7.51. The lowest BCUT2D eigenvalue weighted by Crippen LogP contribution is -2.54. The zero-order valence-electron chi connectivity index (χ0n) is 16.0. The van der Waals surface area contributed by atoms with Crippen LogP contribution in [0.3, 0.4) is 0 Å². The topological polar surface area (TPSA) is 62.7 Å². The highest BCUT2D eigenvalue weighted by Crippen LogP contribution is 2.34. The van der Waals surface area contributed by atoms with Gasteiger partial charge in [0.2, 0.25) is 0 Å². The molecule has 6 heteroatoms. The third-order valence-corrected chi connectivity index (χ3v) is 6.61. The van der Waals surface area contributed by atoms with Crippen LogP contribution in [0.4, 0.5) is 4.39 Å². The molecule has 1 atom stereocenters. The first kappa shape index (κ1) is 18.9. The minimum absolute atomic E-state index is 0.199. The Labute approximate surface area is 159 Å². The van der Waals surface area contributed by atoms with Crippen LogP contribution in [0.5, 0.6) is 0 Å². The van der Waals surface area contributed by atoms with Gasteiger partial charge in [-0.05, 0) is 75.5 Å². The fourth-order valence-corrected chi connectivity index (χ4v) is 4.63. The molecular weight excluding hydrogens is 345 g/mol. The van der Waals surface area contributed by atoms with Gasteiger partial charge in [0.15, 0.2) is 0 Å². The number of aliphatic hydroxyl groups excluding tert-OH is 1. The average Bonchev–Trinajstić information content (AvgIpc) is 3.08. The summed E-state index contributed by atoms with van der Waals surface area (Å²) in [4.78, 5) is 7.70. The summed E-state index contributed by atoms with van der Waals surface area (Å²) in [5.74, 6) is 0.204. The van der Waals surface area contributed by atoms with Gasteiger partial charge < -0.3 is 25.0 Å². The molecule has 5 nitrogen and oxygen atoms in total. The number of hydrogen-bond acceptors (Lipinski definition) is 4. The fraction of sp³-hybridized carbons (Fsp3) is 0.619. The molecule has 148 valence electrons. The lowest BCUT2D eigenvalue weighted by atomic mass is 9.85. The quantitative estimate of drug-likeness (QED) is 0.767. The first-order valence-electron chi connectivity index (χ1n) is 10.0. The molecule has 2 saturated heterocycles. The number of hydrogen-bond donors (Lipinski definition) is 3. The minimum atomic E-state index is -0.961. The van der Waals surface area contributed by atoms with Crippen LogP contribution in [-0.4, -0.2) is 76.5 Å². The molecule has 0 aliphatic carbocycles. The van der Waals surface area contributed by atoms with Gasteiger partial charge in [-0.15, -0.1) is 0 Å². The van der Waals surface area contributed by atoms with Crippen LogP contribution in [0, 0.1) is 5.82 Å². The van der Waals surface area contributed by atoms with Gasteiger partial charge in [-0.3, -0.25) is 0 Å². The standard InChI is InChI=1S/C21H30FN3O2/c1-24-10-6-21(27,7-11-24)20(26)14-25-8-4-15(5-9-25)18-13-23-19-3-2-16(22)12-17(18)19/h2-3,12-13,15,20,23,26-27H,4-11,14H2,1H3. The maximum atomic E-state index is 13.6. The van der Waals surface area contributed by atoms with E-state index in [0.717, 1.165) is 49.9 Å². The van der Waals surface area contributed by atoms with Gasteiger partial charge in [0.1, 0.15) is 5.82 Å². The van der Waals surface area contributed by atoms with Crippen LogP contribution < -0.4 is 0 Å². The number of benzene rings is 1. The molecule has 1 unspecified atom stereocenters. The number of aromatic amines is 1. The van der Waals surface area contributed by atoms with E-state index in [9.17, 15) is 14.6 Å². The predicted octanol–water partition coefficient (Wildman–Crippen LogP) is 2.30. The highest BCUT2D eigenvalue weighted by atomic mass is 19.1. The molecule has 0 spiro atoms. The Hall–Kier alpha value is -1.47. The molecule has 27 heavy (non-hydrogen) atoms. The largest absolute Gasteiger partial charge is 0.389 e. The van der Waals surface area contributed by atoms with Gasteiger partial charge in [0, 0.05) is 36.7 Å². The van der Waals surface area contributed by atoms with Crippen molar-refractivity contribution in [3.05, 3.63) is 35.8 Å². The normalized spacial score (nSPS) is 23.7. The molecule has 4 rings (SSSR count). The highest BCUT2D eigenvalue weighted by Gasteiger charge is 2.39. The van der Waals surface area contributed by atoms with E-state index in [1.807, 2.05) is 13.2 Å². The number of nitrogens with one attached hydrogen (secondary N) is 1. The smallest absolute Gasteiger partial charge is 0.123 e. The zero-order chi connectivity index (χ0) is 19.0. The molecule has 2 aliphatic heterocycles. The van der Waals surface area contributed by atoms with E-state index < -0.39 is 11.7 Å². The minimum Gasteiger partial charge on any atom is -0.389 e. The van der Waals surface area contributed by atoms with Gasteiger partial charge in [-0.25, -0.2) is 4.39 Å². The Kier molecular flexibility index (Phi) is 5.25. The number of piperidine rings is 2. The van der Waals surface area contributed by atoms with Crippen molar-refractivity contribution >= 4 is 10.9 Å². The van der Waals surface area contributed by atoms with E-state index in [-0.39, 0.29) is 5.82 Å². The van der Waals surface area contributed by atoms with Crippen molar-refractivity contribution in [3.63, 3.8) is 0 Å². The second-order valence-corrected chi connectivity index (χ2v) is 8.43. The van der Waals surface area contributed by atoms with Crippen molar-refractivity contribution < 1.29 is 14.6 Å². The average molecular weight is 375 g/mol. The SMILES string of the molecule is CN1CCC(O)(C(O)CN2CCC(c3c[nH]c4ccc(F)cc34)CC2)CC1. The summed E-state index contributed by atoms with van der Waals surface area (Å²) in [5.41, 5.74) is 1.21. The highest BCUT2D eigenvalue weighted by molar-refractivity contribution is 5.83. The Morgan fingerprint density at radius 3 is 2.63 bits per heavy atom.